The fourth-order valence-corrected chi connectivity index (χ4v) is 2.61. The lowest BCUT2D eigenvalue weighted by Crippen LogP contribution is -2.32. The Bertz CT molecular complexity index is 438. The Kier molecular flexibility index (Phi) is 9.47. The molecule has 2 rings (SSSR count). The molecule has 1 aliphatic rings. The molecule has 4 nitrogen and oxygen atoms in total. The van der Waals surface area contributed by atoms with Gasteiger partial charge in [-0.05, 0) is 43.5 Å². The van der Waals surface area contributed by atoms with Gasteiger partial charge in [0, 0.05) is 13.1 Å². The van der Waals surface area contributed by atoms with Gasteiger partial charge in [-0.15, -0.1) is 24.0 Å². The second-order valence-corrected chi connectivity index (χ2v) is 5.78. The van der Waals surface area contributed by atoms with Gasteiger partial charge in [0.15, 0.2) is 5.96 Å². The molecule has 0 aromatic heterocycles. The molecule has 3 N–H and O–H groups in total. The Labute approximate surface area is 151 Å². The average molecular weight is 416 g/mol. The summed E-state index contributed by atoms with van der Waals surface area (Å²) in [6, 6.07) is 8.76. The Hall–Kier alpha value is -0.820. The molecule has 124 valence electrons. The minimum Gasteiger partial charge on any atom is -0.370 e. The molecule has 1 heterocycles. The van der Waals surface area contributed by atoms with E-state index >= 15 is 0 Å². The first-order valence-corrected chi connectivity index (χ1v) is 8.12. The molecule has 22 heavy (non-hydrogen) atoms. The van der Waals surface area contributed by atoms with E-state index in [1.54, 1.807) is 0 Å². The van der Waals surface area contributed by atoms with Crippen molar-refractivity contribution in [2.24, 2.45) is 10.7 Å². The number of hydrogen-bond donors (Lipinski definition) is 2. The van der Waals surface area contributed by atoms with Crippen molar-refractivity contribution >= 4 is 29.9 Å². The minimum absolute atomic E-state index is 0. The molecular weight excluding hydrogens is 387 g/mol. The third-order valence-corrected chi connectivity index (χ3v) is 3.87. The molecule has 0 unspecified atom stereocenters. The topological polar surface area (TPSA) is 53.6 Å². The molecule has 0 bridgehead atoms. The highest BCUT2D eigenvalue weighted by Gasteiger charge is 2.09. The lowest BCUT2D eigenvalue weighted by atomic mass is 10.1. The van der Waals surface area contributed by atoms with Gasteiger partial charge < -0.3 is 11.1 Å². The Balaban J connectivity index is 0.00000242. The number of likely N-dealkylation sites (tertiary alicyclic amines) is 1. The molecule has 1 aromatic carbocycles. The summed E-state index contributed by atoms with van der Waals surface area (Å²) in [4.78, 5) is 6.90. The second-order valence-electron chi connectivity index (χ2n) is 5.78. The van der Waals surface area contributed by atoms with Crippen LogP contribution in [0.25, 0.3) is 0 Å². The van der Waals surface area contributed by atoms with Gasteiger partial charge in [0.25, 0.3) is 0 Å². The molecule has 0 aliphatic carbocycles. The summed E-state index contributed by atoms with van der Waals surface area (Å²) >= 11 is 0. The number of nitrogens with one attached hydrogen (secondary N) is 1. The van der Waals surface area contributed by atoms with Crippen LogP contribution in [0, 0.1) is 0 Å². The van der Waals surface area contributed by atoms with E-state index < -0.39 is 0 Å². The van der Waals surface area contributed by atoms with E-state index in [1.165, 1.54) is 43.5 Å². The van der Waals surface area contributed by atoms with E-state index in [9.17, 15) is 0 Å². The third kappa shape index (κ3) is 6.96. The van der Waals surface area contributed by atoms with Crippen LogP contribution in [-0.2, 0) is 13.1 Å². The van der Waals surface area contributed by atoms with E-state index in [0.29, 0.717) is 12.5 Å². The van der Waals surface area contributed by atoms with Crippen LogP contribution in [0.15, 0.2) is 29.3 Å². The highest BCUT2D eigenvalue weighted by atomic mass is 127. The second kappa shape index (κ2) is 10.8. The van der Waals surface area contributed by atoms with E-state index in [1.807, 2.05) is 0 Å². The van der Waals surface area contributed by atoms with Gasteiger partial charge in [-0.3, -0.25) is 4.90 Å². The summed E-state index contributed by atoms with van der Waals surface area (Å²) in [5.74, 6) is 0.536. The molecule has 5 heteroatoms. The standard InChI is InChI=1S/C17H28N4.HI/c1-2-10-19-17(18)20-13-15-6-8-16(9-7-15)14-21-11-4-3-5-12-21;/h6-9H,2-5,10-14H2,1H3,(H3,18,19,20);1H. The molecular formula is C17H29IN4. The van der Waals surface area contributed by atoms with Crippen LogP contribution in [0.3, 0.4) is 0 Å². The van der Waals surface area contributed by atoms with Gasteiger partial charge in [-0.25, -0.2) is 4.99 Å². The maximum absolute atomic E-state index is 5.79. The van der Waals surface area contributed by atoms with Gasteiger partial charge in [0.2, 0.25) is 0 Å². The van der Waals surface area contributed by atoms with Gasteiger partial charge in [-0.1, -0.05) is 37.6 Å². The minimum atomic E-state index is 0. The summed E-state index contributed by atoms with van der Waals surface area (Å²) in [5.41, 5.74) is 8.39. The summed E-state index contributed by atoms with van der Waals surface area (Å²) in [7, 11) is 0. The molecule has 1 fully saturated rings. The number of piperidine rings is 1. The molecule has 0 spiro atoms. The van der Waals surface area contributed by atoms with Crippen molar-refractivity contribution in [3.8, 4) is 0 Å². The highest BCUT2D eigenvalue weighted by Crippen LogP contribution is 2.13. The fourth-order valence-electron chi connectivity index (χ4n) is 2.61. The molecule has 0 amide bonds. The van der Waals surface area contributed by atoms with Crippen molar-refractivity contribution < 1.29 is 0 Å². The predicted octanol–water partition coefficient (Wildman–Crippen LogP) is 3.10. The number of halogens is 1. The van der Waals surface area contributed by atoms with E-state index in [2.05, 4.69) is 46.4 Å². The van der Waals surface area contributed by atoms with Crippen molar-refractivity contribution in [3.05, 3.63) is 35.4 Å². The zero-order chi connectivity index (χ0) is 14.9. The van der Waals surface area contributed by atoms with Crippen LogP contribution < -0.4 is 11.1 Å². The van der Waals surface area contributed by atoms with Crippen LogP contribution in [0.2, 0.25) is 0 Å². The average Bonchev–Trinajstić information content (AvgIpc) is 2.53. The van der Waals surface area contributed by atoms with Gasteiger partial charge >= 0.3 is 0 Å². The van der Waals surface area contributed by atoms with Crippen LogP contribution in [0.1, 0.15) is 43.7 Å². The predicted molar refractivity (Wildman–Crippen MR) is 105 cm³/mol. The zero-order valence-electron chi connectivity index (χ0n) is 13.6. The van der Waals surface area contributed by atoms with Gasteiger partial charge in [0.05, 0.1) is 6.54 Å². The monoisotopic (exact) mass is 416 g/mol. The largest absolute Gasteiger partial charge is 0.370 e. The van der Waals surface area contributed by atoms with E-state index in [0.717, 1.165) is 19.5 Å². The number of nitrogens with zero attached hydrogens (tertiary/aromatic N) is 2. The number of rotatable bonds is 6. The molecule has 1 aromatic rings. The van der Waals surface area contributed by atoms with Gasteiger partial charge in [-0.2, -0.15) is 0 Å². The molecule has 0 saturated carbocycles. The summed E-state index contributed by atoms with van der Waals surface area (Å²) < 4.78 is 0. The van der Waals surface area contributed by atoms with E-state index in [4.69, 9.17) is 5.73 Å². The number of nitrogens with two attached hydrogens (primary N) is 1. The highest BCUT2D eigenvalue weighted by molar-refractivity contribution is 14.0. The van der Waals surface area contributed by atoms with Crippen molar-refractivity contribution in [2.75, 3.05) is 19.6 Å². The number of hydrogen-bond acceptors (Lipinski definition) is 2. The van der Waals surface area contributed by atoms with E-state index in [-0.39, 0.29) is 24.0 Å². The SMILES string of the molecule is CCCNC(N)=NCc1ccc(CN2CCCCC2)cc1.I. The number of aliphatic imine (C=N–C) groups is 1. The molecule has 0 atom stereocenters. The van der Waals surface area contributed by atoms with Crippen LogP contribution >= 0.6 is 24.0 Å². The fraction of sp³-hybridized carbons (Fsp3) is 0.588. The van der Waals surface area contributed by atoms with Crippen LogP contribution in [0.4, 0.5) is 0 Å². The lowest BCUT2D eigenvalue weighted by Gasteiger charge is -2.26. The first-order valence-electron chi connectivity index (χ1n) is 8.12. The molecule has 1 saturated heterocycles. The van der Waals surface area contributed by atoms with Crippen LogP contribution in [0.5, 0.6) is 0 Å². The Morgan fingerprint density at radius 2 is 1.77 bits per heavy atom. The lowest BCUT2D eigenvalue weighted by molar-refractivity contribution is 0.221. The van der Waals surface area contributed by atoms with Crippen molar-refractivity contribution in [1.29, 1.82) is 0 Å². The van der Waals surface area contributed by atoms with Crippen molar-refractivity contribution in [2.45, 2.75) is 45.7 Å². The summed E-state index contributed by atoms with van der Waals surface area (Å²) in [5, 5.41) is 3.09. The number of benzene rings is 1. The Morgan fingerprint density at radius 3 is 2.41 bits per heavy atom. The summed E-state index contributed by atoms with van der Waals surface area (Å²) in [6.45, 7) is 7.19. The molecule has 1 aliphatic heterocycles. The number of guanidine groups is 1. The van der Waals surface area contributed by atoms with Crippen LogP contribution in [-0.4, -0.2) is 30.5 Å². The summed E-state index contributed by atoms with van der Waals surface area (Å²) in [6.07, 6.45) is 5.13. The van der Waals surface area contributed by atoms with Crippen molar-refractivity contribution in [1.82, 2.24) is 10.2 Å². The quantitative estimate of drug-likeness (QED) is 0.426. The smallest absolute Gasteiger partial charge is 0.188 e. The maximum Gasteiger partial charge on any atom is 0.188 e. The Morgan fingerprint density at radius 1 is 1.14 bits per heavy atom. The van der Waals surface area contributed by atoms with Crippen molar-refractivity contribution in [3.63, 3.8) is 0 Å². The maximum atomic E-state index is 5.79. The first-order chi connectivity index (χ1) is 10.3. The third-order valence-electron chi connectivity index (χ3n) is 3.87. The normalized spacial score (nSPS) is 16.1. The van der Waals surface area contributed by atoms with Gasteiger partial charge in [0.1, 0.15) is 0 Å². The molecule has 0 radical (unpaired) electrons. The first kappa shape index (κ1) is 19.2. The zero-order valence-corrected chi connectivity index (χ0v) is 15.9.